The fraction of sp³-hybridized carbons (Fsp3) is 0.567. The predicted octanol–water partition coefficient (Wildman–Crippen LogP) is 4.96. The lowest BCUT2D eigenvalue weighted by molar-refractivity contribution is -0.187. The number of alkyl halides is 3. The van der Waals surface area contributed by atoms with Crippen LogP contribution < -0.4 is 16.8 Å². The summed E-state index contributed by atoms with van der Waals surface area (Å²) in [4.78, 5) is 23.5. The molecule has 2 aliphatic carbocycles. The van der Waals surface area contributed by atoms with E-state index in [1.807, 2.05) is 26.1 Å². The number of carbonyl (C=O) groups excluding carboxylic acids is 1. The second-order valence-electron chi connectivity index (χ2n) is 12.7. The molecule has 10 nitrogen and oxygen atoms in total. The monoisotopic (exact) mass is 601 g/mol. The van der Waals surface area contributed by atoms with Crippen molar-refractivity contribution >= 4 is 34.1 Å². The summed E-state index contributed by atoms with van der Waals surface area (Å²) in [5.41, 5.74) is 11.2. The predicted molar refractivity (Wildman–Crippen MR) is 156 cm³/mol. The SMILES string of the molecule is CN(C[C@H]1CC[C@@]2(n3ccc4c(N)ncnc43)OC(C)(C)O[C@H]12)C1CC(CCC(=O)Nc2ccc(C(F)(F)F)cc2N)C1. The van der Waals surface area contributed by atoms with Crippen molar-refractivity contribution in [2.75, 3.05) is 30.4 Å². The molecule has 43 heavy (non-hydrogen) atoms. The molecule has 1 amide bonds. The Hall–Kier alpha value is -3.42. The second-order valence-corrected chi connectivity index (χ2v) is 12.7. The van der Waals surface area contributed by atoms with Gasteiger partial charge in [0.05, 0.1) is 22.3 Å². The van der Waals surface area contributed by atoms with Crippen molar-refractivity contribution in [2.24, 2.45) is 11.8 Å². The molecule has 2 saturated carbocycles. The third-order valence-corrected chi connectivity index (χ3v) is 9.29. The van der Waals surface area contributed by atoms with Gasteiger partial charge in [-0.3, -0.25) is 4.79 Å². The van der Waals surface area contributed by atoms with E-state index in [9.17, 15) is 18.0 Å². The van der Waals surface area contributed by atoms with Crippen LogP contribution in [0.1, 0.15) is 57.9 Å². The van der Waals surface area contributed by atoms with Crippen LogP contribution in [0.3, 0.4) is 0 Å². The summed E-state index contributed by atoms with van der Waals surface area (Å²) >= 11 is 0. The Bertz CT molecular complexity index is 1520. The Morgan fingerprint density at radius 1 is 1.21 bits per heavy atom. The lowest BCUT2D eigenvalue weighted by atomic mass is 9.76. The van der Waals surface area contributed by atoms with Gasteiger partial charge >= 0.3 is 6.18 Å². The minimum Gasteiger partial charge on any atom is -0.397 e. The zero-order chi connectivity index (χ0) is 30.7. The Morgan fingerprint density at radius 2 is 1.98 bits per heavy atom. The van der Waals surface area contributed by atoms with E-state index in [1.165, 1.54) is 12.4 Å². The summed E-state index contributed by atoms with van der Waals surface area (Å²) in [5, 5.41) is 3.44. The van der Waals surface area contributed by atoms with E-state index in [2.05, 4.69) is 31.8 Å². The highest BCUT2D eigenvalue weighted by molar-refractivity contribution is 5.93. The minimum absolute atomic E-state index is 0.105. The third kappa shape index (κ3) is 5.53. The molecule has 0 spiro atoms. The van der Waals surface area contributed by atoms with Gasteiger partial charge in [0.1, 0.15) is 23.9 Å². The maximum Gasteiger partial charge on any atom is 0.416 e. The number of nitrogens with one attached hydrogen (secondary N) is 1. The molecule has 0 unspecified atom stereocenters. The summed E-state index contributed by atoms with van der Waals surface area (Å²) in [6.45, 7) is 4.75. The second kappa shape index (κ2) is 10.6. The first-order valence-electron chi connectivity index (χ1n) is 14.7. The number of nitrogen functional groups attached to an aromatic ring is 2. The smallest absolute Gasteiger partial charge is 0.397 e. The average Bonchev–Trinajstić information content (AvgIpc) is 3.55. The van der Waals surface area contributed by atoms with E-state index >= 15 is 0 Å². The zero-order valence-corrected chi connectivity index (χ0v) is 24.5. The molecule has 5 N–H and O–H groups in total. The molecule has 1 aliphatic heterocycles. The maximum absolute atomic E-state index is 12.9. The number of benzene rings is 1. The third-order valence-electron chi connectivity index (χ3n) is 9.29. The summed E-state index contributed by atoms with van der Waals surface area (Å²) < 4.78 is 53.9. The van der Waals surface area contributed by atoms with Gasteiger partial charge in [0.2, 0.25) is 5.91 Å². The molecular formula is C30H38F3N7O3. The van der Waals surface area contributed by atoms with Crippen LogP contribution >= 0.6 is 0 Å². The molecule has 2 aromatic heterocycles. The van der Waals surface area contributed by atoms with Gasteiger partial charge in [-0.2, -0.15) is 13.2 Å². The number of aromatic nitrogens is 3. The standard InChI is InChI=1S/C30H38F3N7O3/c1-28(2)42-25-18(8-10-29(25,43-28)40-11-9-21-26(35)36-16-37-27(21)40)15-39(3)20-12-17(13-20)4-7-24(41)38-23-6-5-19(14-22(23)34)30(31,32)33/h5-6,9,11,14,16-18,20,25H,4,7-8,10,12-13,15,34H2,1-3H3,(H,38,41)(H2,35,36,37)/t17?,18-,20?,25-,29-/m1/s1. The highest BCUT2D eigenvalue weighted by Crippen LogP contribution is 2.53. The van der Waals surface area contributed by atoms with Gasteiger partial charge in [0, 0.05) is 31.1 Å². The number of halogens is 3. The van der Waals surface area contributed by atoms with Gasteiger partial charge in [0.25, 0.3) is 0 Å². The maximum atomic E-state index is 12.9. The van der Waals surface area contributed by atoms with Crippen LogP contribution in [0.4, 0.5) is 30.4 Å². The van der Waals surface area contributed by atoms with Gasteiger partial charge in [-0.25, -0.2) is 9.97 Å². The number of ether oxygens (including phenoxy) is 2. The van der Waals surface area contributed by atoms with E-state index < -0.39 is 23.3 Å². The first-order chi connectivity index (χ1) is 20.3. The van der Waals surface area contributed by atoms with Crippen LogP contribution in [-0.4, -0.2) is 56.9 Å². The number of hydrogen-bond acceptors (Lipinski definition) is 8. The molecule has 13 heteroatoms. The fourth-order valence-electron chi connectivity index (χ4n) is 7.09. The van der Waals surface area contributed by atoms with E-state index in [0.29, 0.717) is 24.2 Å². The molecular weight excluding hydrogens is 563 g/mol. The van der Waals surface area contributed by atoms with E-state index in [-0.39, 0.29) is 35.7 Å². The highest BCUT2D eigenvalue weighted by Gasteiger charge is 2.61. The number of hydrogen-bond donors (Lipinski definition) is 3. The topological polar surface area (TPSA) is 134 Å². The number of rotatable bonds is 8. The lowest BCUT2D eigenvalue weighted by Gasteiger charge is -2.43. The van der Waals surface area contributed by atoms with Crippen molar-refractivity contribution in [3.8, 4) is 0 Å². The molecule has 1 saturated heterocycles. The van der Waals surface area contributed by atoms with Gasteiger partial charge in [-0.05, 0) is 83.2 Å². The lowest BCUT2D eigenvalue weighted by Crippen LogP contribution is -2.47. The molecule has 3 aromatic rings. The summed E-state index contributed by atoms with van der Waals surface area (Å²) in [5.74, 6) is 0.0974. The molecule has 3 heterocycles. The Labute approximate surface area is 247 Å². The van der Waals surface area contributed by atoms with Crippen LogP contribution in [0.25, 0.3) is 11.0 Å². The van der Waals surface area contributed by atoms with E-state index in [1.54, 1.807) is 0 Å². The van der Waals surface area contributed by atoms with Crippen molar-refractivity contribution in [1.29, 1.82) is 0 Å². The molecule has 1 aromatic carbocycles. The van der Waals surface area contributed by atoms with Crippen molar-refractivity contribution in [3.63, 3.8) is 0 Å². The molecule has 3 atom stereocenters. The number of nitrogens with two attached hydrogens (primary N) is 2. The van der Waals surface area contributed by atoms with Gasteiger partial charge in [0.15, 0.2) is 11.5 Å². The van der Waals surface area contributed by atoms with Crippen LogP contribution in [0.2, 0.25) is 0 Å². The highest BCUT2D eigenvalue weighted by atomic mass is 19.4. The largest absolute Gasteiger partial charge is 0.416 e. The van der Waals surface area contributed by atoms with Crippen LogP contribution in [0.5, 0.6) is 0 Å². The van der Waals surface area contributed by atoms with E-state index in [4.69, 9.17) is 20.9 Å². The van der Waals surface area contributed by atoms with Gasteiger partial charge in [-0.1, -0.05) is 0 Å². The van der Waals surface area contributed by atoms with Gasteiger partial charge in [-0.15, -0.1) is 0 Å². The number of fused-ring (bicyclic) bond motifs is 2. The van der Waals surface area contributed by atoms with Crippen LogP contribution in [-0.2, 0) is 26.2 Å². The first kappa shape index (κ1) is 29.6. The number of anilines is 3. The quantitative estimate of drug-likeness (QED) is 0.309. The van der Waals surface area contributed by atoms with E-state index in [0.717, 1.165) is 55.4 Å². The Balaban J connectivity index is 1.02. The van der Waals surface area contributed by atoms with Gasteiger partial charge < -0.3 is 35.7 Å². The minimum atomic E-state index is -4.48. The number of carbonyl (C=O) groups is 1. The molecule has 3 aliphatic rings. The molecule has 0 bridgehead atoms. The summed E-state index contributed by atoms with van der Waals surface area (Å²) in [6.07, 6.45) is 3.49. The van der Waals surface area contributed by atoms with Crippen LogP contribution in [0, 0.1) is 11.8 Å². The normalized spacial score (nSPS) is 28.3. The van der Waals surface area contributed by atoms with Crippen molar-refractivity contribution < 1.29 is 27.4 Å². The Morgan fingerprint density at radius 3 is 2.70 bits per heavy atom. The molecule has 6 rings (SSSR count). The average molecular weight is 602 g/mol. The molecule has 232 valence electrons. The Kier molecular flexibility index (Phi) is 7.33. The molecule has 0 radical (unpaired) electrons. The fourth-order valence-corrected chi connectivity index (χ4v) is 7.09. The summed E-state index contributed by atoms with van der Waals surface area (Å²) in [6, 6.07) is 5.29. The number of amides is 1. The van der Waals surface area contributed by atoms with Crippen molar-refractivity contribution in [1.82, 2.24) is 19.4 Å². The first-order valence-corrected chi connectivity index (χ1v) is 14.7. The molecule has 3 fully saturated rings. The number of nitrogens with zero attached hydrogens (tertiary/aromatic N) is 4. The van der Waals surface area contributed by atoms with Crippen LogP contribution in [0.15, 0.2) is 36.8 Å². The van der Waals surface area contributed by atoms with Crippen molar-refractivity contribution in [2.45, 2.75) is 82.2 Å². The van der Waals surface area contributed by atoms with Crippen molar-refractivity contribution in [3.05, 3.63) is 42.4 Å². The zero-order valence-electron chi connectivity index (χ0n) is 24.5. The summed E-state index contributed by atoms with van der Waals surface area (Å²) in [7, 11) is 2.14.